The van der Waals surface area contributed by atoms with Crippen molar-refractivity contribution in [3.8, 4) is 0 Å². The minimum Gasteiger partial charge on any atom is -0.870 e. The molecule has 2 heterocycles. The standard InChI is InChI=1S/C34H45NO4S3.H2O/c1-31(2,3)24-15-20(16-25(40-24)32(4,5)6)13-22-29(35-19-26(36)37)23(30(22)38)14-21-17-27(41-33(7,8)9)39-28(18-21)42-34(10,11)12;/h13-18H,19H2,1-12H3,(H-,35,36,37,38);1H2/b22-13-;. The molecule has 1 aromatic heterocycles. The van der Waals surface area contributed by atoms with Crippen LogP contribution >= 0.6 is 34.9 Å². The van der Waals surface area contributed by atoms with Crippen molar-refractivity contribution in [3.05, 3.63) is 78.3 Å². The Hall–Kier alpha value is -2.33. The number of allylic oxidation sites excluding steroid dienone is 6. The van der Waals surface area contributed by atoms with Crippen LogP contribution in [0.5, 0.6) is 0 Å². The van der Waals surface area contributed by atoms with Crippen LogP contribution in [-0.4, -0.2) is 38.4 Å². The van der Waals surface area contributed by atoms with Crippen LogP contribution in [0.25, 0.3) is 6.08 Å². The van der Waals surface area contributed by atoms with E-state index in [0.717, 1.165) is 21.3 Å². The van der Waals surface area contributed by atoms with Gasteiger partial charge >= 0.3 is 5.97 Å². The maximum atomic E-state index is 13.6. The summed E-state index contributed by atoms with van der Waals surface area (Å²) >= 11 is 5.05. The van der Waals surface area contributed by atoms with E-state index in [2.05, 4.69) is 101 Å². The molecule has 0 radical (unpaired) electrons. The number of hydrogen-bond donors (Lipinski definition) is 2. The second kappa shape index (κ2) is 13.3. The highest BCUT2D eigenvalue weighted by atomic mass is 32.2. The normalized spacial score (nSPS) is 17.1. The molecule has 0 saturated carbocycles. The molecule has 0 spiro atoms. The van der Waals surface area contributed by atoms with E-state index in [4.69, 9.17) is 4.74 Å². The van der Waals surface area contributed by atoms with Gasteiger partial charge in [-0.05, 0) is 35.4 Å². The van der Waals surface area contributed by atoms with Gasteiger partial charge in [-0.2, -0.15) is 0 Å². The van der Waals surface area contributed by atoms with Crippen LogP contribution in [0.2, 0.25) is 0 Å². The first-order valence-corrected chi connectivity index (χ1v) is 16.6. The Morgan fingerprint density at radius 3 is 1.72 bits per heavy atom. The number of Topliss-reactive ketones (excluding diaryl/α,β-unsaturated/α-hetero) is 1. The smallest absolute Gasteiger partial charge is 0.322 e. The van der Waals surface area contributed by atoms with E-state index < -0.39 is 5.97 Å². The van der Waals surface area contributed by atoms with Gasteiger partial charge in [0, 0.05) is 43.6 Å². The van der Waals surface area contributed by atoms with Crippen LogP contribution in [0, 0.1) is 0 Å². The highest BCUT2D eigenvalue weighted by Gasteiger charge is 2.35. The number of carbonyl (C=O) groups excluding carboxylic acids is 1. The Morgan fingerprint density at radius 1 is 0.860 bits per heavy atom. The molecule has 3 N–H and O–H groups in total. The molecule has 1 aliphatic carbocycles. The van der Waals surface area contributed by atoms with Crippen molar-refractivity contribution in [1.82, 2.24) is 5.32 Å². The Morgan fingerprint density at radius 2 is 1.33 bits per heavy atom. The summed E-state index contributed by atoms with van der Waals surface area (Å²) in [5.74, 6) is -1.10. The van der Waals surface area contributed by atoms with Crippen LogP contribution in [0.1, 0.15) is 98.4 Å². The van der Waals surface area contributed by atoms with Crippen molar-refractivity contribution in [2.75, 3.05) is 6.54 Å². The first-order chi connectivity index (χ1) is 19.0. The lowest BCUT2D eigenvalue weighted by Gasteiger charge is -2.28. The Bertz CT molecular complexity index is 1350. The number of ether oxygens (including phenoxy) is 1. The predicted octanol–water partition coefficient (Wildman–Crippen LogP) is 9.04. The fourth-order valence-corrected chi connectivity index (χ4v) is 7.17. The summed E-state index contributed by atoms with van der Waals surface area (Å²) in [7, 11) is 0. The number of carboxylic acid groups (broad SMARTS) is 1. The monoisotopic (exact) mass is 645 g/mol. The first kappa shape index (κ1) is 36.9. The third kappa shape index (κ3) is 10.7. The van der Waals surface area contributed by atoms with Crippen LogP contribution in [-0.2, 0) is 25.2 Å². The van der Waals surface area contributed by atoms with E-state index in [1.54, 1.807) is 34.9 Å². The fourth-order valence-electron chi connectivity index (χ4n) is 4.02. The van der Waals surface area contributed by atoms with Crippen molar-refractivity contribution in [3.63, 3.8) is 0 Å². The number of rotatable bonds is 7. The molecule has 9 heteroatoms. The summed E-state index contributed by atoms with van der Waals surface area (Å²) in [6, 6.07) is 4.28. The molecule has 0 atom stereocenters. The number of thioether (sulfide) groups is 2. The molecule has 3 rings (SSSR count). The van der Waals surface area contributed by atoms with Gasteiger partial charge in [0.05, 0.1) is 5.70 Å². The zero-order valence-corrected chi connectivity index (χ0v) is 30.0. The van der Waals surface area contributed by atoms with Crippen molar-refractivity contribution in [2.45, 2.75) is 103 Å². The second-order valence-electron chi connectivity index (χ2n) is 14.6. The van der Waals surface area contributed by atoms with E-state index in [1.807, 2.05) is 24.3 Å². The second-order valence-corrected chi connectivity index (χ2v) is 19.4. The Labute approximate surface area is 270 Å². The maximum absolute atomic E-state index is 13.6. The average molecular weight is 646 g/mol. The number of aliphatic carboxylic acids is 1. The molecule has 0 amide bonds. The van der Waals surface area contributed by atoms with Crippen molar-refractivity contribution < 1.29 is 24.9 Å². The number of carboxylic acids is 1. The van der Waals surface area contributed by atoms with Gasteiger partial charge in [-0.1, -0.05) is 107 Å². The molecule has 6 nitrogen and oxygen atoms in total. The third-order valence-corrected chi connectivity index (χ3v) is 9.87. The summed E-state index contributed by atoms with van der Waals surface area (Å²) in [6.45, 7) is 25.6. The zero-order chi connectivity index (χ0) is 31.8. The minimum atomic E-state index is -0.988. The SMILES string of the molecule is CC(C)(C)SC1=CC(=CC2=C(NCC(=O)O)/C(=C/c3cc(C(C)(C)C)[s+]c(C(C)(C)C)c3)C2=O)C=C(SC(C)(C)C)O1.[OH-]. The largest absolute Gasteiger partial charge is 0.870 e. The highest BCUT2D eigenvalue weighted by molar-refractivity contribution is 8.05. The summed E-state index contributed by atoms with van der Waals surface area (Å²) in [5, 5.41) is 14.0. The molecule has 43 heavy (non-hydrogen) atoms. The van der Waals surface area contributed by atoms with Gasteiger partial charge in [0.25, 0.3) is 0 Å². The maximum Gasteiger partial charge on any atom is 0.322 e. The van der Waals surface area contributed by atoms with Crippen LogP contribution in [0.3, 0.4) is 0 Å². The number of nitrogens with one attached hydrogen (secondary N) is 1. The number of ketones is 1. The Kier molecular flexibility index (Phi) is 11.4. The van der Waals surface area contributed by atoms with E-state index in [9.17, 15) is 14.7 Å². The van der Waals surface area contributed by atoms with Gasteiger partial charge in [-0.25, -0.2) is 0 Å². The van der Waals surface area contributed by atoms with Gasteiger partial charge in [0.15, 0.2) is 16.0 Å². The summed E-state index contributed by atoms with van der Waals surface area (Å²) in [6.07, 6.45) is 7.63. The molecular formula is C34H47NO5S3. The summed E-state index contributed by atoms with van der Waals surface area (Å²) in [4.78, 5) is 27.6. The van der Waals surface area contributed by atoms with Gasteiger partial charge in [-0.3, -0.25) is 9.59 Å². The third-order valence-electron chi connectivity index (χ3n) is 5.94. The van der Waals surface area contributed by atoms with Crippen molar-refractivity contribution in [1.29, 1.82) is 0 Å². The molecule has 0 saturated heterocycles. The summed E-state index contributed by atoms with van der Waals surface area (Å²) in [5.41, 5.74) is 3.19. The van der Waals surface area contributed by atoms with Crippen molar-refractivity contribution >= 4 is 52.7 Å². The molecule has 1 aromatic rings. The molecule has 0 fully saturated rings. The molecule has 0 aromatic carbocycles. The van der Waals surface area contributed by atoms with E-state index in [-0.39, 0.29) is 38.1 Å². The van der Waals surface area contributed by atoms with E-state index in [1.165, 1.54) is 9.75 Å². The van der Waals surface area contributed by atoms with E-state index >= 15 is 0 Å². The first-order valence-electron chi connectivity index (χ1n) is 14.2. The molecule has 236 valence electrons. The molecule has 2 aliphatic rings. The number of hydrogen-bond acceptors (Lipinski definition) is 7. The lowest BCUT2D eigenvalue weighted by Crippen LogP contribution is -2.34. The Balaban J connectivity index is 0.00000645. The predicted molar refractivity (Wildman–Crippen MR) is 184 cm³/mol. The van der Waals surface area contributed by atoms with Crippen LogP contribution < -0.4 is 5.32 Å². The fraction of sp³-hybridized carbons (Fsp3) is 0.500. The van der Waals surface area contributed by atoms with Gasteiger partial charge in [0.1, 0.15) is 6.54 Å². The quantitative estimate of drug-likeness (QED) is 0.224. The molecule has 0 unspecified atom stereocenters. The molecule has 0 bridgehead atoms. The topological polar surface area (TPSA) is 106 Å². The average Bonchev–Trinajstić information content (AvgIpc) is 2.78. The summed E-state index contributed by atoms with van der Waals surface area (Å²) < 4.78 is 6.10. The number of carbonyl (C=O) groups is 2. The van der Waals surface area contributed by atoms with Crippen LogP contribution in [0.15, 0.2) is 63.0 Å². The lowest BCUT2D eigenvalue weighted by atomic mass is 9.83. The van der Waals surface area contributed by atoms with Gasteiger partial charge < -0.3 is 20.6 Å². The molecule has 1 aliphatic heterocycles. The zero-order valence-electron chi connectivity index (χ0n) is 27.5. The van der Waals surface area contributed by atoms with E-state index in [0.29, 0.717) is 16.8 Å². The van der Waals surface area contributed by atoms with Gasteiger partial charge in [0.2, 0.25) is 21.1 Å². The van der Waals surface area contributed by atoms with Gasteiger partial charge in [-0.15, -0.1) is 0 Å². The minimum absolute atomic E-state index is 0. The lowest BCUT2D eigenvalue weighted by molar-refractivity contribution is -0.135. The van der Waals surface area contributed by atoms with Crippen molar-refractivity contribution in [2.24, 2.45) is 0 Å². The molecular weight excluding hydrogens is 599 g/mol. The van der Waals surface area contributed by atoms with Crippen LogP contribution in [0.4, 0.5) is 0 Å². The highest BCUT2D eigenvalue weighted by Crippen LogP contribution is 2.43.